The molecule has 2 aromatic heterocycles. The van der Waals surface area contributed by atoms with E-state index in [9.17, 15) is 4.79 Å². The molecule has 2 heterocycles. The Kier molecular flexibility index (Phi) is 3.42. The molecule has 5 nitrogen and oxygen atoms in total. The molecule has 3 aromatic rings. The van der Waals surface area contributed by atoms with Crippen LogP contribution in [-0.4, -0.2) is 27.5 Å². The number of Topliss-reactive ketones (excluding diaryl/α,β-unsaturated/α-hetero) is 1. The van der Waals surface area contributed by atoms with Crippen LogP contribution in [0.25, 0.3) is 16.8 Å². The molecule has 1 aliphatic carbocycles. The zero-order chi connectivity index (χ0) is 17.8. The van der Waals surface area contributed by atoms with Crippen LogP contribution in [0.3, 0.4) is 0 Å². The minimum absolute atomic E-state index is 0.0508. The number of hydrogen-bond acceptors (Lipinski definition) is 4. The van der Waals surface area contributed by atoms with Gasteiger partial charge in [0.05, 0.1) is 24.1 Å². The number of rotatable bonds is 2. The molecule has 0 spiro atoms. The predicted octanol–water partition coefficient (Wildman–Crippen LogP) is 3.87. The zero-order valence-corrected chi connectivity index (χ0v) is 15.0. The molecule has 0 amide bonds. The zero-order valence-electron chi connectivity index (χ0n) is 15.0. The van der Waals surface area contributed by atoms with Crippen molar-refractivity contribution in [1.29, 1.82) is 0 Å². The van der Waals surface area contributed by atoms with Gasteiger partial charge in [-0.1, -0.05) is 26.0 Å². The lowest BCUT2D eigenvalue weighted by Gasteiger charge is -2.29. The van der Waals surface area contributed by atoms with Crippen LogP contribution >= 0.6 is 0 Å². The lowest BCUT2D eigenvalue weighted by molar-refractivity contribution is 0.0909. The first kappa shape index (κ1) is 15.8. The largest absolute Gasteiger partial charge is 0.497 e. The van der Waals surface area contributed by atoms with Crippen LogP contribution in [0.1, 0.15) is 42.0 Å². The minimum Gasteiger partial charge on any atom is -0.497 e. The molecule has 1 aliphatic rings. The Morgan fingerprint density at radius 1 is 1.16 bits per heavy atom. The second-order valence-corrected chi connectivity index (χ2v) is 7.50. The third-order valence-corrected chi connectivity index (χ3v) is 4.83. The minimum atomic E-state index is -0.0508. The summed E-state index contributed by atoms with van der Waals surface area (Å²) in [7, 11) is 1.65. The van der Waals surface area contributed by atoms with Gasteiger partial charge in [-0.2, -0.15) is 5.10 Å². The van der Waals surface area contributed by atoms with Crippen LogP contribution < -0.4 is 4.74 Å². The first-order valence-electron chi connectivity index (χ1n) is 8.44. The summed E-state index contributed by atoms with van der Waals surface area (Å²) in [6.45, 7) is 6.20. The molecule has 25 heavy (non-hydrogen) atoms. The number of aryl methyl sites for hydroxylation is 1. The molecule has 0 N–H and O–H groups in total. The van der Waals surface area contributed by atoms with Crippen LogP contribution in [0.5, 0.6) is 5.75 Å². The average molecular weight is 335 g/mol. The number of fused-ring (bicyclic) bond motifs is 2. The highest BCUT2D eigenvalue weighted by atomic mass is 16.5. The fourth-order valence-electron chi connectivity index (χ4n) is 3.63. The van der Waals surface area contributed by atoms with Gasteiger partial charge in [-0.3, -0.25) is 4.79 Å². The van der Waals surface area contributed by atoms with Gasteiger partial charge in [0.25, 0.3) is 0 Å². The molecule has 0 saturated heterocycles. The Bertz CT molecular complexity index is 984. The standard InChI is InChI=1S/C20H21N3O2/c1-12-18(13-5-7-14(25-4)8-6-13)19-21-16-9-20(2,3)10-17(24)15(16)11-23(19)22-12/h5-8,11H,9-10H2,1-4H3. The van der Waals surface area contributed by atoms with E-state index >= 15 is 0 Å². The summed E-state index contributed by atoms with van der Waals surface area (Å²) in [4.78, 5) is 17.3. The van der Waals surface area contributed by atoms with Gasteiger partial charge in [0.1, 0.15) is 5.75 Å². The van der Waals surface area contributed by atoms with Gasteiger partial charge in [-0.05, 0) is 36.5 Å². The highest BCUT2D eigenvalue weighted by Crippen LogP contribution is 2.35. The molecule has 0 radical (unpaired) electrons. The number of aromatic nitrogens is 3. The number of benzene rings is 1. The maximum Gasteiger partial charge on any atom is 0.166 e. The van der Waals surface area contributed by atoms with Gasteiger partial charge in [0.15, 0.2) is 11.4 Å². The summed E-state index contributed by atoms with van der Waals surface area (Å²) in [6, 6.07) is 7.89. The predicted molar refractivity (Wildman–Crippen MR) is 96.1 cm³/mol. The average Bonchev–Trinajstić information content (AvgIpc) is 2.87. The van der Waals surface area contributed by atoms with Crippen molar-refractivity contribution in [2.75, 3.05) is 7.11 Å². The van der Waals surface area contributed by atoms with E-state index in [4.69, 9.17) is 9.72 Å². The summed E-state index contributed by atoms with van der Waals surface area (Å²) in [5, 5.41) is 4.58. The number of ether oxygens (including phenoxy) is 1. The van der Waals surface area contributed by atoms with E-state index in [1.54, 1.807) is 11.6 Å². The Morgan fingerprint density at radius 3 is 2.56 bits per heavy atom. The summed E-state index contributed by atoms with van der Waals surface area (Å²) in [6.07, 6.45) is 3.20. The lowest BCUT2D eigenvalue weighted by atomic mass is 9.76. The molecular weight excluding hydrogens is 314 g/mol. The number of carbonyl (C=O) groups excluding carboxylic acids is 1. The summed E-state index contributed by atoms with van der Waals surface area (Å²) in [5.74, 6) is 0.968. The van der Waals surface area contributed by atoms with Crippen molar-refractivity contribution in [2.24, 2.45) is 5.41 Å². The molecule has 0 saturated carbocycles. The van der Waals surface area contributed by atoms with Gasteiger partial charge in [0, 0.05) is 18.2 Å². The first-order chi connectivity index (χ1) is 11.9. The second kappa shape index (κ2) is 5.41. The quantitative estimate of drug-likeness (QED) is 0.713. The molecule has 0 fully saturated rings. The molecule has 5 heteroatoms. The van der Waals surface area contributed by atoms with Crippen LogP contribution in [0.15, 0.2) is 30.5 Å². The van der Waals surface area contributed by atoms with E-state index in [-0.39, 0.29) is 11.2 Å². The number of ketones is 1. The third-order valence-electron chi connectivity index (χ3n) is 4.83. The van der Waals surface area contributed by atoms with Crippen molar-refractivity contribution in [3.63, 3.8) is 0 Å². The van der Waals surface area contributed by atoms with Crippen LogP contribution in [0.4, 0.5) is 0 Å². The summed E-state index contributed by atoms with van der Waals surface area (Å²) < 4.78 is 6.98. The van der Waals surface area contributed by atoms with Crippen LogP contribution in [0, 0.1) is 12.3 Å². The van der Waals surface area contributed by atoms with Crippen molar-refractivity contribution >= 4 is 11.4 Å². The molecule has 128 valence electrons. The first-order valence-corrected chi connectivity index (χ1v) is 8.44. The highest BCUT2D eigenvalue weighted by Gasteiger charge is 2.33. The number of carbonyl (C=O) groups is 1. The summed E-state index contributed by atoms with van der Waals surface area (Å²) in [5.41, 5.74) is 5.27. The van der Waals surface area contributed by atoms with Crippen molar-refractivity contribution in [3.8, 4) is 16.9 Å². The van der Waals surface area contributed by atoms with Crippen molar-refractivity contribution in [3.05, 3.63) is 47.4 Å². The molecule has 0 atom stereocenters. The summed E-state index contributed by atoms with van der Waals surface area (Å²) >= 11 is 0. The van der Waals surface area contributed by atoms with Crippen LogP contribution in [0.2, 0.25) is 0 Å². The Hall–Kier alpha value is -2.69. The maximum atomic E-state index is 12.5. The van der Waals surface area contributed by atoms with Gasteiger partial charge in [-0.25, -0.2) is 9.50 Å². The Morgan fingerprint density at radius 2 is 1.88 bits per heavy atom. The van der Waals surface area contributed by atoms with E-state index in [0.29, 0.717) is 12.0 Å². The fraction of sp³-hybridized carbons (Fsp3) is 0.350. The monoisotopic (exact) mass is 335 g/mol. The fourth-order valence-corrected chi connectivity index (χ4v) is 3.63. The molecule has 0 aliphatic heterocycles. The molecule has 4 rings (SSSR count). The third kappa shape index (κ3) is 2.60. The van der Waals surface area contributed by atoms with Gasteiger partial charge >= 0.3 is 0 Å². The molecule has 0 unspecified atom stereocenters. The van der Waals surface area contributed by atoms with E-state index in [2.05, 4.69) is 18.9 Å². The van der Waals surface area contributed by atoms with Crippen molar-refractivity contribution in [1.82, 2.24) is 14.6 Å². The highest BCUT2D eigenvalue weighted by molar-refractivity contribution is 5.98. The van der Waals surface area contributed by atoms with E-state index in [0.717, 1.165) is 40.3 Å². The van der Waals surface area contributed by atoms with Crippen molar-refractivity contribution in [2.45, 2.75) is 33.6 Å². The Labute approximate surface area is 146 Å². The van der Waals surface area contributed by atoms with Crippen LogP contribution in [-0.2, 0) is 6.42 Å². The molecular formula is C20H21N3O2. The normalized spacial score (nSPS) is 16.1. The number of methoxy groups -OCH3 is 1. The molecule has 0 bridgehead atoms. The smallest absolute Gasteiger partial charge is 0.166 e. The topological polar surface area (TPSA) is 56.5 Å². The van der Waals surface area contributed by atoms with Gasteiger partial charge in [0.2, 0.25) is 0 Å². The second-order valence-electron chi connectivity index (χ2n) is 7.50. The van der Waals surface area contributed by atoms with Crippen molar-refractivity contribution < 1.29 is 9.53 Å². The van der Waals surface area contributed by atoms with E-state index in [1.165, 1.54) is 0 Å². The van der Waals surface area contributed by atoms with E-state index in [1.807, 2.05) is 37.4 Å². The van der Waals surface area contributed by atoms with Gasteiger partial charge in [-0.15, -0.1) is 0 Å². The SMILES string of the molecule is COc1ccc(-c2c(C)nn3cc4c(nc23)CC(C)(C)CC4=O)cc1. The molecule has 1 aromatic carbocycles. The van der Waals surface area contributed by atoms with Gasteiger partial charge < -0.3 is 4.74 Å². The van der Waals surface area contributed by atoms with E-state index < -0.39 is 0 Å². The number of hydrogen-bond donors (Lipinski definition) is 0. The number of nitrogens with zero attached hydrogens (tertiary/aromatic N) is 3. The lowest BCUT2D eigenvalue weighted by Crippen LogP contribution is -2.28. The maximum absolute atomic E-state index is 12.5. The Balaban J connectivity index is 1.91.